The third-order valence-electron chi connectivity index (χ3n) is 6.04. The van der Waals surface area contributed by atoms with Crippen LogP contribution in [0.1, 0.15) is 31.2 Å². The molecule has 1 aromatic heterocycles. The van der Waals surface area contributed by atoms with Gasteiger partial charge in [-0.1, -0.05) is 18.2 Å². The number of fused-ring (bicyclic) bond motifs is 1. The minimum atomic E-state index is -1.25. The maximum absolute atomic E-state index is 13.2. The number of aliphatic imine (C=N–C) groups is 2. The monoisotopic (exact) mass is 573 g/mol. The van der Waals surface area contributed by atoms with Crippen LogP contribution in [-0.4, -0.2) is 83.5 Å². The number of guanidine groups is 2. The Balaban J connectivity index is 2.06. The van der Waals surface area contributed by atoms with Crippen LogP contribution >= 0.6 is 0 Å². The fraction of sp³-hybridized carbons (Fsp3) is 0.440. The highest BCUT2D eigenvalue weighted by Crippen LogP contribution is 2.19. The summed E-state index contributed by atoms with van der Waals surface area (Å²) in [6.45, 7) is 0.0483. The van der Waals surface area contributed by atoms with E-state index >= 15 is 0 Å². The van der Waals surface area contributed by atoms with Gasteiger partial charge in [0.25, 0.3) is 0 Å². The second-order valence-electron chi connectivity index (χ2n) is 9.31. The highest BCUT2D eigenvalue weighted by atomic mass is 16.4. The Bertz CT molecular complexity index is 1250. The SMILES string of the molecule is NC(N)=NCCCC(N)C(=O)NCC(=O)NC(Cc1c[nH]c2ccccc12)C(=O)NC(CCCN=C(N)N)C(=O)O. The molecule has 16 heteroatoms. The molecule has 0 aliphatic rings. The van der Waals surface area contributed by atoms with Crippen LogP contribution in [0.3, 0.4) is 0 Å². The lowest BCUT2D eigenvalue weighted by Crippen LogP contribution is -2.54. The fourth-order valence-corrected chi connectivity index (χ4v) is 3.96. The Morgan fingerprint density at radius 3 is 2.15 bits per heavy atom. The molecule has 0 aliphatic heterocycles. The van der Waals surface area contributed by atoms with E-state index in [0.717, 1.165) is 16.5 Å². The minimum Gasteiger partial charge on any atom is -0.480 e. The number of nitrogens with two attached hydrogens (primary N) is 5. The van der Waals surface area contributed by atoms with E-state index in [4.69, 9.17) is 28.7 Å². The van der Waals surface area contributed by atoms with Gasteiger partial charge in [0, 0.05) is 36.6 Å². The molecule has 2 aromatic rings. The van der Waals surface area contributed by atoms with Gasteiger partial charge in [0.2, 0.25) is 17.7 Å². The number of carboxylic acid groups (broad SMARTS) is 1. The molecule has 0 aliphatic carbocycles. The maximum Gasteiger partial charge on any atom is 0.326 e. The number of carboxylic acids is 1. The fourth-order valence-electron chi connectivity index (χ4n) is 3.96. The van der Waals surface area contributed by atoms with Crippen LogP contribution in [-0.2, 0) is 25.6 Å². The first-order chi connectivity index (χ1) is 19.5. The standard InChI is InChI=1S/C25H39N11O5/c26-16(6-3-9-31-24(27)28)21(38)34-13-20(37)35-19(11-14-12-33-17-7-2-1-5-15(14)17)22(39)36-18(23(40)41)8-4-10-32-25(29)30/h1-2,5,7,12,16,18-19,33H,3-4,6,8-11,13,26H2,(H,34,38)(H,35,37)(H,36,39)(H,40,41)(H4,27,28,31)(H4,29,30,32). The third-order valence-corrected chi connectivity index (χ3v) is 6.04. The van der Waals surface area contributed by atoms with Crippen LogP contribution in [0.25, 0.3) is 10.9 Å². The predicted octanol–water partition coefficient (Wildman–Crippen LogP) is -2.68. The molecular formula is C25H39N11O5. The summed E-state index contributed by atoms with van der Waals surface area (Å²) in [5.74, 6) is -3.37. The first-order valence-corrected chi connectivity index (χ1v) is 13.0. The van der Waals surface area contributed by atoms with Crippen molar-refractivity contribution in [2.45, 2.75) is 50.2 Å². The number of aromatic nitrogens is 1. The molecule has 3 unspecified atom stereocenters. The molecule has 0 bridgehead atoms. The lowest BCUT2D eigenvalue weighted by Gasteiger charge is -2.22. The summed E-state index contributed by atoms with van der Waals surface area (Å²) in [6, 6.07) is 4.12. The first kappa shape index (κ1) is 32.4. The number of benzene rings is 1. The number of nitrogens with zero attached hydrogens (tertiary/aromatic N) is 2. The van der Waals surface area contributed by atoms with E-state index in [2.05, 4.69) is 30.9 Å². The summed E-state index contributed by atoms with van der Waals surface area (Å²) >= 11 is 0. The molecule has 0 radical (unpaired) electrons. The zero-order chi connectivity index (χ0) is 30.4. The quantitative estimate of drug-likeness (QED) is 0.0531. The number of hydrogen-bond acceptors (Lipinski definition) is 7. The van der Waals surface area contributed by atoms with Gasteiger partial charge in [-0.2, -0.15) is 0 Å². The second kappa shape index (κ2) is 16.3. The molecule has 3 amide bonds. The summed E-state index contributed by atoms with van der Waals surface area (Å²) in [5.41, 5.74) is 28.5. The lowest BCUT2D eigenvalue weighted by molar-refractivity contribution is -0.142. The van der Waals surface area contributed by atoms with Gasteiger partial charge in [0.05, 0.1) is 12.6 Å². The molecule has 0 fully saturated rings. The Morgan fingerprint density at radius 2 is 1.51 bits per heavy atom. The number of nitrogens with one attached hydrogen (secondary N) is 4. The molecule has 0 saturated heterocycles. The van der Waals surface area contributed by atoms with Crippen LogP contribution in [0.4, 0.5) is 0 Å². The maximum atomic E-state index is 13.2. The molecule has 224 valence electrons. The summed E-state index contributed by atoms with van der Waals surface area (Å²) < 4.78 is 0. The van der Waals surface area contributed by atoms with Crippen LogP contribution in [0, 0.1) is 0 Å². The number of carbonyl (C=O) groups is 4. The molecule has 1 aromatic carbocycles. The van der Waals surface area contributed by atoms with E-state index in [1.807, 2.05) is 24.3 Å². The number of rotatable bonds is 17. The van der Waals surface area contributed by atoms with Crippen molar-refractivity contribution in [3.63, 3.8) is 0 Å². The van der Waals surface area contributed by atoms with Gasteiger partial charge in [-0.3, -0.25) is 24.4 Å². The smallest absolute Gasteiger partial charge is 0.326 e. The molecule has 1 heterocycles. The minimum absolute atomic E-state index is 0.0557. The summed E-state index contributed by atoms with van der Waals surface area (Å²) in [6.07, 6.45) is 2.87. The normalized spacial score (nSPS) is 12.9. The van der Waals surface area contributed by atoms with Crippen molar-refractivity contribution in [3.8, 4) is 0 Å². The van der Waals surface area contributed by atoms with Gasteiger partial charge in [0.1, 0.15) is 12.1 Å². The largest absolute Gasteiger partial charge is 0.480 e. The number of aliphatic carboxylic acids is 1. The van der Waals surface area contributed by atoms with E-state index < -0.39 is 48.4 Å². The molecule has 0 saturated carbocycles. The van der Waals surface area contributed by atoms with Crippen molar-refractivity contribution in [1.29, 1.82) is 0 Å². The number of hydrogen-bond donors (Lipinski definition) is 10. The number of carbonyl (C=O) groups excluding carboxylic acids is 3. The second-order valence-corrected chi connectivity index (χ2v) is 9.31. The number of H-pyrrole nitrogens is 1. The number of amides is 3. The zero-order valence-electron chi connectivity index (χ0n) is 22.6. The van der Waals surface area contributed by atoms with Gasteiger partial charge in [-0.25, -0.2) is 4.79 Å². The van der Waals surface area contributed by atoms with Crippen LogP contribution in [0.15, 0.2) is 40.4 Å². The van der Waals surface area contributed by atoms with E-state index in [0.29, 0.717) is 19.4 Å². The topological polar surface area (TPSA) is 295 Å². The van der Waals surface area contributed by atoms with E-state index in [-0.39, 0.29) is 37.7 Å². The molecule has 0 spiro atoms. The molecule has 41 heavy (non-hydrogen) atoms. The Labute approximate surface area is 236 Å². The highest BCUT2D eigenvalue weighted by Gasteiger charge is 2.27. The molecule has 3 atom stereocenters. The number of aromatic amines is 1. The van der Waals surface area contributed by atoms with E-state index in [9.17, 15) is 24.3 Å². The average molecular weight is 574 g/mol. The van der Waals surface area contributed by atoms with Crippen molar-refractivity contribution in [3.05, 3.63) is 36.0 Å². The first-order valence-electron chi connectivity index (χ1n) is 13.0. The van der Waals surface area contributed by atoms with Gasteiger partial charge >= 0.3 is 5.97 Å². The average Bonchev–Trinajstić information content (AvgIpc) is 3.33. The molecule has 16 nitrogen and oxygen atoms in total. The van der Waals surface area contributed by atoms with Gasteiger partial charge in [0.15, 0.2) is 11.9 Å². The van der Waals surface area contributed by atoms with Gasteiger partial charge < -0.3 is 54.7 Å². The van der Waals surface area contributed by atoms with Crippen LogP contribution in [0.2, 0.25) is 0 Å². The lowest BCUT2D eigenvalue weighted by atomic mass is 10.0. The number of para-hydroxylation sites is 1. The van der Waals surface area contributed by atoms with Crippen molar-refractivity contribution >= 4 is 46.5 Å². The van der Waals surface area contributed by atoms with Crippen molar-refractivity contribution in [2.24, 2.45) is 38.7 Å². The van der Waals surface area contributed by atoms with E-state index in [1.54, 1.807) is 6.20 Å². The predicted molar refractivity (Wildman–Crippen MR) is 154 cm³/mol. The van der Waals surface area contributed by atoms with E-state index in [1.165, 1.54) is 0 Å². The van der Waals surface area contributed by atoms with Crippen LogP contribution in [0.5, 0.6) is 0 Å². The highest BCUT2D eigenvalue weighted by molar-refractivity contribution is 5.93. The summed E-state index contributed by atoms with van der Waals surface area (Å²) in [4.78, 5) is 60.8. The summed E-state index contributed by atoms with van der Waals surface area (Å²) in [7, 11) is 0. The summed E-state index contributed by atoms with van der Waals surface area (Å²) in [5, 5.41) is 18.0. The molecule has 2 rings (SSSR count). The molecule has 15 N–H and O–H groups in total. The van der Waals surface area contributed by atoms with Crippen LogP contribution < -0.4 is 44.6 Å². The Hall–Kier alpha value is -4.86. The van der Waals surface area contributed by atoms with Crippen molar-refractivity contribution in [2.75, 3.05) is 19.6 Å². The Kier molecular flexibility index (Phi) is 12.9. The van der Waals surface area contributed by atoms with Crippen molar-refractivity contribution in [1.82, 2.24) is 20.9 Å². The Morgan fingerprint density at radius 1 is 0.878 bits per heavy atom. The zero-order valence-corrected chi connectivity index (χ0v) is 22.6. The van der Waals surface area contributed by atoms with Gasteiger partial charge in [-0.15, -0.1) is 0 Å². The van der Waals surface area contributed by atoms with Gasteiger partial charge in [-0.05, 0) is 37.3 Å². The van der Waals surface area contributed by atoms with Crippen molar-refractivity contribution < 1.29 is 24.3 Å². The molecular weight excluding hydrogens is 534 g/mol. The third kappa shape index (κ3) is 11.4.